The minimum absolute atomic E-state index is 0.00931. The van der Waals surface area contributed by atoms with Gasteiger partial charge in [0.1, 0.15) is 5.75 Å². The third-order valence-electron chi connectivity index (χ3n) is 8.75. The van der Waals surface area contributed by atoms with Gasteiger partial charge in [0, 0.05) is 36.7 Å². The standard InChI is InChI=1S/C33H40N2O3/c1-4-17-34-18-16-32(28-10-7-11-30(36)20-28)21-29(14-15-33(32,38)23-34)35(22-24(2)3)31(37)27-13-12-25-8-5-6-9-26(25)19-27/h4-13,19-20,24,29,36,38H,1,14-18,21-23H2,2-3H3. The van der Waals surface area contributed by atoms with Crippen LogP contribution >= 0.6 is 0 Å². The van der Waals surface area contributed by atoms with Crippen LogP contribution in [0.2, 0.25) is 0 Å². The Morgan fingerprint density at radius 3 is 2.63 bits per heavy atom. The molecule has 5 nitrogen and oxygen atoms in total. The van der Waals surface area contributed by atoms with Gasteiger partial charge in [0.2, 0.25) is 0 Å². The lowest BCUT2D eigenvalue weighted by atomic mass is 9.55. The van der Waals surface area contributed by atoms with Crippen LogP contribution < -0.4 is 0 Å². The average Bonchev–Trinajstić information content (AvgIpc) is 2.90. The molecule has 2 aliphatic rings. The van der Waals surface area contributed by atoms with E-state index in [-0.39, 0.29) is 17.7 Å². The third-order valence-corrected chi connectivity index (χ3v) is 8.75. The zero-order valence-corrected chi connectivity index (χ0v) is 22.6. The number of amides is 1. The highest BCUT2D eigenvalue weighted by atomic mass is 16.3. The van der Waals surface area contributed by atoms with Gasteiger partial charge in [-0.1, -0.05) is 62.4 Å². The predicted octanol–water partition coefficient (Wildman–Crippen LogP) is 5.76. The summed E-state index contributed by atoms with van der Waals surface area (Å²) in [7, 11) is 0. The Hall–Kier alpha value is -3.15. The van der Waals surface area contributed by atoms with Crippen molar-refractivity contribution in [3.8, 4) is 5.75 Å². The molecule has 1 amide bonds. The molecule has 1 heterocycles. The van der Waals surface area contributed by atoms with Gasteiger partial charge in [-0.15, -0.1) is 6.58 Å². The van der Waals surface area contributed by atoms with Crippen LogP contribution in [0.3, 0.4) is 0 Å². The van der Waals surface area contributed by atoms with Crippen LogP contribution in [-0.4, -0.2) is 63.7 Å². The van der Waals surface area contributed by atoms with Crippen LogP contribution in [-0.2, 0) is 5.41 Å². The van der Waals surface area contributed by atoms with Gasteiger partial charge in [0.25, 0.3) is 5.91 Å². The first-order valence-electron chi connectivity index (χ1n) is 13.9. The van der Waals surface area contributed by atoms with E-state index in [1.165, 1.54) is 0 Å². The van der Waals surface area contributed by atoms with Crippen LogP contribution in [0.4, 0.5) is 0 Å². The number of hydrogen-bond acceptors (Lipinski definition) is 4. The molecule has 5 heteroatoms. The molecular formula is C33H40N2O3. The average molecular weight is 513 g/mol. The largest absolute Gasteiger partial charge is 0.508 e. The number of aliphatic hydroxyl groups is 1. The van der Waals surface area contributed by atoms with Gasteiger partial charge in [-0.25, -0.2) is 0 Å². The normalized spacial score (nSPS) is 25.7. The van der Waals surface area contributed by atoms with Crippen molar-refractivity contribution in [2.45, 2.75) is 56.6 Å². The highest BCUT2D eigenvalue weighted by molar-refractivity contribution is 5.98. The number of piperidine rings is 1. The number of phenolic OH excluding ortho intramolecular Hbond substituents is 1. The molecule has 0 bridgehead atoms. The smallest absolute Gasteiger partial charge is 0.254 e. The zero-order valence-electron chi connectivity index (χ0n) is 22.6. The molecular weight excluding hydrogens is 472 g/mol. The summed E-state index contributed by atoms with van der Waals surface area (Å²) in [6, 6.07) is 21.5. The molecule has 1 saturated carbocycles. The van der Waals surface area contributed by atoms with Gasteiger partial charge in [-0.2, -0.15) is 0 Å². The Morgan fingerprint density at radius 2 is 1.89 bits per heavy atom. The van der Waals surface area contributed by atoms with E-state index < -0.39 is 11.0 Å². The van der Waals surface area contributed by atoms with Crippen LogP contribution in [0, 0.1) is 5.92 Å². The summed E-state index contributed by atoms with van der Waals surface area (Å²) in [4.78, 5) is 18.4. The summed E-state index contributed by atoms with van der Waals surface area (Å²) in [5.74, 6) is 0.572. The summed E-state index contributed by atoms with van der Waals surface area (Å²) in [6.07, 6.45) is 4.66. The highest BCUT2D eigenvalue weighted by Crippen LogP contribution is 2.53. The first-order valence-corrected chi connectivity index (χ1v) is 13.9. The SMILES string of the molecule is C=CCN1CCC2(c3cccc(O)c3)CC(N(CC(C)C)C(=O)c3ccc4ccccc4c3)CCC2(O)C1. The fraction of sp³-hybridized carbons (Fsp3) is 0.424. The number of carbonyl (C=O) groups excluding carboxylic acids is 1. The fourth-order valence-electron chi connectivity index (χ4n) is 6.92. The molecule has 3 aromatic carbocycles. The summed E-state index contributed by atoms with van der Waals surface area (Å²) in [5, 5.41) is 24.9. The quantitative estimate of drug-likeness (QED) is 0.395. The van der Waals surface area contributed by atoms with Gasteiger partial charge in [0.05, 0.1) is 5.60 Å². The molecule has 3 atom stereocenters. The van der Waals surface area contributed by atoms with Crippen molar-refractivity contribution < 1.29 is 15.0 Å². The second kappa shape index (κ2) is 10.5. The number of benzene rings is 3. The Bertz CT molecular complexity index is 1320. The first kappa shape index (κ1) is 26.5. The minimum Gasteiger partial charge on any atom is -0.508 e. The number of hydrogen-bond donors (Lipinski definition) is 2. The number of likely N-dealkylation sites (tertiary alicyclic amines) is 1. The van der Waals surface area contributed by atoms with E-state index in [0.717, 1.165) is 42.3 Å². The molecule has 5 rings (SSSR count). The van der Waals surface area contributed by atoms with Crippen molar-refractivity contribution in [2.75, 3.05) is 26.2 Å². The maximum Gasteiger partial charge on any atom is 0.254 e. The molecule has 1 aliphatic heterocycles. The van der Waals surface area contributed by atoms with Crippen molar-refractivity contribution in [3.05, 3.63) is 90.5 Å². The van der Waals surface area contributed by atoms with Gasteiger partial charge in [0.15, 0.2) is 0 Å². The highest BCUT2D eigenvalue weighted by Gasteiger charge is 2.58. The summed E-state index contributed by atoms with van der Waals surface area (Å²) in [6.45, 7) is 11.0. The maximum atomic E-state index is 14.1. The van der Waals surface area contributed by atoms with Gasteiger partial charge in [-0.05, 0) is 78.7 Å². The lowest BCUT2D eigenvalue weighted by Gasteiger charge is -2.59. The number of phenols is 1. The van der Waals surface area contributed by atoms with Gasteiger partial charge in [-0.3, -0.25) is 9.69 Å². The lowest BCUT2D eigenvalue weighted by molar-refractivity contribution is -0.131. The minimum atomic E-state index is -0.950. The van der Waals surface area contributed by atoms with Crippen LogP contribution in [0.15, 0.2) is 79.4 Å². The van der Waals surface area contributed by atoms with Crippen LogP contribution in [0.1, 0.15) is 55.5 Å². The van der Waals surface area contributed by atoms with Crippen molar-refractivity contribution >= 4 is 16.7 Å². The molecule has 2 N–H and O–H groups in total. The van der Waals surface area contributed by atoms with Gasteiger partial charge < -0.3 is 15.1 Å². The van der Waals surface area contributed by atoms with E-state index in [1.807, 2.05) is 60.7 Å². The molecule has 3 aromatic rings. The summed E-state index contributed by atoms with van der Waals surface area (Å²) >= 11 is 0. The molecule has 0 radical (unpaired) electrons. The second-order valence-corrected chi connectivity index (χ2v) is 11.7. The Morgan fingerprint density at radius 1 is 1.11 bits per heavy atom. The molecule has 1 saturated heterocycles. The molecule has 0 aromatic heterocycles. The van der Waals surface area contributed by atoms with Gasteiger partial charge >= 0.3 is 0 Å². The molecule has 2 fully saturated rings. The number of rotatable bonds is 7. The van der Waals surface area contributed by atoms with E-state index in [0.29, 0.717) is 37.4 Å². The predicted molar refractivity (Wildman–Crippen MR) is 153 cm³/mol. The third kappa shape index (κ3) is 4.85. The van der Waals surface area contributed by atoms with E-state index in [9.17, 15) is 15.0 Å². The van der Waals surface area contributed by atoms with E-state index in [1.54, 1.807) is 6.07 Å². The Balaban J connectivity index is 1.52. The molecule has 38 heavy (non-hydrogen) atoms. The second-order valence-electron chi connectivity index (χ2n) is 11.7. The Labute approximate surface area is 226 Å². The Kier molecular flexibility index (Phi) is 7.34. The first-order chi connectivity index (χ1) is 18.2. The number of carbonyl (C=O) groups is 1. The number of β-amino-alcohol motifs (C(OH)–C–C–N with tert-alkyl or cyclic N) is 1. The molecule has 200 valence electrons. The van der Waals surface area contributed by atoms with Crippen molar-refractivity contribution in [3.63, 3.8) is 0 Å². The van der Waals surface area contributed by atoms with Crippen molar-refractivity contribution in [1.29, 1.82) is 0 Å². The van der Waals surface area contributed by atoms with Crippen molar-refractivity contribution in [2.24, 2.45) is 5.92 Å². The molecule has 1 aliphatic carbocycles. The molecule has 0 spiro atoms. The molecule has 3 unspecified atom stereocenters. The van der Waals surface area contributed by atoms with E-state index >= 15 is 0 Å². The number of aromatic hydroxyl groups is 1. The van der Waals surface area contributed by atoms with Crippen LogP contribution in [0.25, 0.3) is 10.8 Å². The number of fused-ring (bicyclic) bond motifs is 2. The topological polar surface area (TPSA) is 64.0 Å². The summed E-state index contributed by atoms with van der Waals surface area (Å²) < 4.78 is 0. The van der Waals surface area contributed by atoms with Crippen molar-refractivity contribution in [1.82, 2.24) is 9.80 Å². The van der Waals surface area contributed by atoms with E-state index in [4.69, 9.17) is 0 Å². The monoisotopic (exact) mass is 512 g/mol. The fourth-order valence-corrected chi connectivity index (χ4v) is 6.92. The zero-order chi connectivity index (χ0) is 26.9. The number of nitrogens with zero attached hydrogens (tertiary/aromatic N) is 2. The van der Waals surface area contributed by atoms with Crippen LogP contribution in [0.5, 0.6) is 5.75 Å². The lowest BCUT2D eigenvalue weighted by Crippen LogP contribution is -2.67. The summed E-state index contributed by atoms with van der Waals surface area (Å²) in [5.41, 5.74) is 0.169. The maximum absolute atomic E-state index is 14.1. The van der Waals surface area contributed by atoms with E-state index in [2.05, 4.69) is 36.3 Å².